The third-order valence-electron chi connectivity index (χ3n) is 4.94. The summed E-state index contributed by atoms with van der Waals surface area (Å²) < 4.78 is 2.31. The third-order valence-corrected chi connectivity index (χ3v) is 5.28. The van der Waals surface area contributed by atoms with Crippen LogP contribution >= 0.6 is 12.2 Å². The van der Waals surface area contributed by atoms with Gasteiger partial charge in [0.25, 0.3) is 0 Å². The van der Waals surface area contributed by atoms with Crippen LogP contribution in [0.5, 0.6) is 0 Å². The topological polar surface area (TPSA) is 33.1 Å². The summed E-state index contributed by atoms with van der Waals surface area (Å²) >= 11 is 5.82. The van der Waals surface area contributed by atoms with Gasteiger partial charge in [0.2, 0.25) is 0 Å². The van der Waals surface area contributed by atoms with Crippen molar-refractivity contribution in [2.24, 2.45) is 0 Å². The molecule has 132 valence electrons. The quantitative estimate of drug-likeness (QED) is 0.689. The van der Waals surface area contributed by atoms with E-state index >= 15 is 0 Å². The minimum absolute atomic E-state index is 0.0903. The molecule has 4 nitrogen and oxygen atoms in total. The van der Waals surface area contributed by atoms with Crippen molar-refractivity contribution in [1.82, 2.24) is 14.5 Å². The lowest BCUT2D eigenvalue weighted by Crippen LogP contribution is -2.44. The minimum Gasteiger partial charge on any atom is -0.348 e. The van der Waals surface area contributed by atoms with Gasteiger partial charge in [0, 0.05) is 43.1 Å². The number of nitrogens with one attached hydrogen (secondary N) is 1. The van der Waals surface area contributed by atoms with Gasteiger partial charge in [-0.1, -0.05) is 17.7 Å². The predicted molar refractivity (Wildman–Crippen MR) is 109 cm³/mol. The van der Waals surface area contributed by atoms with E-state index in [0.717, 1.165) is 23.9 Å². The van der Waals surface area contributed by atoms with E-state index in [2.05, 4.69) is 82.3 Å². The second kappa shape index (κ2) is 6.92. The van der Waals surface area contributed by atoms with Crippen molar-refractivity contribution < 1.29 is 0 Å². The zero-order valence-electron chi connectivity index (χ0n) is 15.0. The van der Waals surface area contributed by atoms with E-state index in [0.29, 0.717) is 0 Å². The number of anilines is 1. The van der Waals surface area contributed by atoms with E-state index in [1.165, 1.54) is 22.4 Å². The van der Waals surface area contributed by atoms with Gasteiger partial charge in [0.05, 0.1) is 6.04 Å². The molecule has 0 bridgehead atoms. The first kappa shape index (κ1) is 16.8. The highest BCUT2D eigenvalue weighted by molar-refractivity contribution is 7.80. The van der Waals surface area contributed by atoms with Crippen LogP contribution < -0.4 is 5.32 Å². The van der Waals surface area contributed by atoms with Gasteiger partial charge in [-0.05, 0) is 67.5 Å². The Bertz CT molecular complexity index is 932. The maximum absolute atomic E-state index is 5.82. The van der Waals surface area contributed by atoms with Crippen molar-refractivity contribution in [3.63, 3.8) is 0 Å². The van der Waals surface area contributed by atoms with Gasteiger partial charge >= 0.3 is 0 Å². The van der Waals surface area contributed by atoms with Gasteiger partial charge in [0.15, 0.2) is 5.11 Å². The van der Waals surface area contributed by atoms with E-state index in [4.69, 9.17) is 12.2 Å². The highest BCUT2D eigenvalue weighted by atomic mass is 32.1. The number of aromatic nitrogens is 2. The fourth-order valence-corrected chi connectivity index (χ4v) is 3.95. The highest BCUT2D eigenvalue weighted by Crippen LogP contribution is 2.32. The Labute approximate surface area is 159 Å². The molecule has 0 amide bonds. The molecular weight excluding hydrogens is 340 g/mol. The second-order valence-electron chi connectivity index (χ2n) is 6.75. The molecule has 1 N–H and O–H groups in total. The van der Waals surface area contributed by atoms with Crippen LogP contribution in [0.4, 0.5) is 5.69 Å². The van der Waals surface area contributed by atoms with E-state index < -0.39 is 0 Å². The van der Waals surface area contributed by atoms with Gasteiger partial charge < -0.3 is 14.8 Å². The smallest absolute Gasteiger partial charge is 0.174 e. The van der Waals surface area contributed by atoms with Crippen LogP contribution in [-0.4, -0.2) is 26.1 Å². The Morgan fingerprint density at radius 1 is 1.12 bits per heavy atom. The van der Waals surface area contributed by atoms with Crippen LogP contribution in [0.2, 0.25) is 0 Å². The molecule has 0 fully saturated rings. The highest BCUT2D eigenvalue weighted by Gasteiger charge is 2.30. The molecule has 0 saturated heterocycles. The molecule has 1 aliphatic heterocycles. The molecule has 0 spiro atoms. The molecule has 1 aliphatic rings. The molecule has 5 heteroatoms. The maximum Gasteiger partial charge on any atom is 0.174 e. The van der Waals surface area contributed by atoms with Gasteiger partial charge in [0.1, 0.15) is 0 Å². The molecule has 0 radical (unpaired) electrons. The SMILES string of the molecule is Cc1ccc(NC(=S)N2CCn3cccc3[C@H]2c2ccncc2)c(C)c1. The standard InChI is InChI=1S/C21H22N4S/c1-15-5-6-18(16(2)14-15)23-21(26)25-13-12-24-11-3-4-19(24)20(25)17-7-9-22-10-8-17/h3-11,14,20H,12-13H2,1-2H3,(H,23,26)/t20-/m1/s1. The van der Waals surface area contributed by atoms with E-state index in [9.17, 15) is 0 Å². The lowest BCUT2D eigenvalue weighted by Gasteiger charge is -2.39. The largest absolute Gasteiger partial charge is 0.348 e. The number of aryl methyl sites for hydroxylation is 2. The molecule has 2 aromatic heterocycles. The number of benzene rings is 1. The molecule has 1 atom stereocenters. The van der Waals surface area contributed by atoms with E-state index in [1.807, 2.05) is 12.4 Å². The summed E-state index contributed by atoms with van der Waals surface area (Å²) in [6, 6.07) is 14.9. The molecule has 0 unspecified atom stereocenters. The lowest BCUT2D eigenvalue weighted by atomic mass is 10.0. The number of hydrogen-bond acceptors (Lipinski definition) is 2. The Morgan fingerprint density at radius 3 is 2.69 bits per heavy atom. The zero-order valence-corrected chi connectivity index (χ0v) is 15.8. The first-order valence-corrected chi connectivity index (χ1v) is 9.24. The van der Waals surface area contributed by atoms with Crippen molar-refractivity contribution in [2.75, 3.05) is 11.9 Å². The monoisotopic (exact) mass is 362 g/mol. The van der Waals surface area contributed by atoms with Crippen molar-refractivity contribution in [3.05, 3.63) is 83.4 Å². The molecule has 0 saturated carbocycles. The Hall–Kier alpha value is -2.66. The first-order valence-electron chi connectivity index (χ1n) is 8.83. The van der Waals surface area contributed by atoms with Gasteiger partial charge in [-0.3, -0.25) is 4.98 Å². The van der Waals surface area contributed by atoms with Crippen LogP contribution in [0.3, 0.4) is 0 Å². The summed E-state index contributed by atoms with van der Waals surface area (Å²) in [6.07, 6.45) is 5.83. The van der Waals surface area contributed by atoms with Crippen LogP contribution in [0.15, 0.2) is 61.1 Å². The summed E-state index contributed by atoms with van der Waals surface area (Å²) in [5.41, 5.74) is 5.98. The fourth-order valence-electron chi connectivity index (χ4n) is 3.64. The summed E-state index contributed by atoms with van der Waals surface area (Å²) in [7, 11) is 0. The summed E-state index contributed by atoms with van der Waals surface area (Å²) in [5.74, 6) is 0. The van der Waals surface area contributed by atoms with Crippen LogP contribution in [0, 0.1) is 13.8 Å². The van der Waals surface area contributed by atoms with Gasteiger partial charge in [-0.15, -0.1) is 0 Å². The normalized spacial score (nSPS) is 16.2. The average Bonchev–Trinajstić information content (AvgIpc) is 3.12. The average molecular weight is 363 g/mol. The molecule has 3 heterocycles. The fraction of sp³-hybridized carbons (Fsp3) is 0.238. The van der Waals surface area contributed by atoms with Crippen molar-refractivity contribution >= 4 is 23.0 Å². The minimum atomic E-state index is 0.0903. The van der Waals surface area contributed by atoms with Crippen molar-refractivity contribution in [2.45, 2.75) is 26.4 Å². The third kappa shape index (κ3) is 3.10. The lowest BCUT2D eigenvalue weighted by molar-refractivity contribution is 0.293. The Balaban J connectivity index is 1.67. The molecular formula is C21H22N4S. The Kier molecular flexibility index (Phi) is 4.47. The zero-order chi connectivity index (χ0) is 18.1. The summed E-state index contributed by atoms with van der Waals surface area (Å²) in [6.45, 7) is 6.01. The van der Waals surface area contributed by atoms with Gasteiger partial charge in [-0.2, -0.15) is 0 Å². The van der Waals surface area contributed by atoms with Gasteiger partial charge in [-0.25, -0.2) is 0 Å². The van der Waals surface area contributed by atoms with Crippen molar-refractivity contribution in [1.29, 1.82) is 0 Å². The summed E-state index contributed by atoms with van der Waals surface area (Å²) in [4.78, 5) is 6.44. The molecule has 0 aliphatic carbocycles. The second-order valence-corrected chi connectivity index (χ2v) is 7.14. The first-order chi connectivity index (χ1) is 12.6. The molecule has 1 aromatic carbocycles. The number of rotatable bonds is 2. The molecule has 26 heavy (non-hydrogen) atoms. The number of pyridine rings is 1. The predicted octanol–water partition coefficient (Wildman–Crippen LogP) is 4.30. The van der Waals surface area contributed by atoms with E-state index in [-0.39, 0.29) is 6.04 Å². The molecule has 4 rings (SSSR count). The number of fused-ring (bicyclic) bond motifs is 1. The van der Waals surface area contributed by atoms with Crippen LogP contribution in [0.1, 0.15) is 28.4 Å². The number of thiocarbonyl (C=S) groups is 1. The number of hydrogen-bond donors (Lipinski definition) is 1. The van der Waals surface area contributed by atoms with Crippen LogP contribution in [-0.2, 0) is 6.54 Å². The van der Waals surface area contributed by atoms with Crippen LogP contribution in [0.25, 0.3) is 0 Å². The maximum atomic E-state index is 5.82. The van der Waals surface area contributed by atoms with E-state index in [1.54, 1.807) is 0 Å². The summed E-state index contributed by atoms with van der Waals surface area (Å²) in [5, 5.41) is 4.22. The van der Waals surface area contributed by atoms with Crippen molar-refractivity contribution in [3.8, 4) is 0 Å². The Morgan fingerprint density at radius 2 is 1.92 bits per heavy atom. The number of nitrogens with zero attached hydrogens (tertiary/aromatic N) is 3. The molecule has 3 aromatic rings.